The summed E-state index contributed by atoms with van der Waals surface area (Å²) in [6, 6.07) is 8.87. The number of hydrogen-bond acceptors (Lipinski definition) is 6. The van der Waals surface area contributed by atoms with Crippen molar-refractivity contribution in [1.82, 2.24) is 0 Å². The predicted octanol–water partition coefficient (Wildman–Crippen LogP) is 2.82. The number of aliphatic carboxylic acids is 1. The van der Waals surface area contributed by atoms with Crippen LogP contribution in [0.5, 0.6) is 0 Å². The van der Waals surface area contributed by atoms with E-state index in [0.29, 0.717) is 18.6 Å². The molecule has 0 aliphatic rings. The zero-order valence-corrected chi connectivity index (χ0v) is 16.3. The fraction of sp³-hybridized carbons (Fsp3) is 0.550. The van der Waals surface area contributed by atoms with Gasteiger partial charge in [-0.05, 0) is 32.8 Å². The Kier molecular flexibility index (Phi) is 8.94. The minimum atomic E-state index is -1.71. The van der Waals surface area contributed by atoms with E-state index in [1.807, 2.05) is 13.0 Å². The molecular formula is C20H28O7. The predicted molar refractivity (Wildman–Crippen MR) is 97.8 cm³/mol. The van der Waals surface area contributed by atoms with Crippen molar-refractivity contribution in [1.29, 1.82) is 0 Å². The Labute approximate surface area is 159 Å². The third kappa shape index (κ3) is 8.21. The van der Waals surface area contributed by atoms with Gasteiger partial charge in [0.05, 0.1) is 6.61 Å². The van der Waals surface area contributed by atoms with E-state index in [-0.39, 0.29) is 13.2 Å². The summed E-state index contributed by atoms with van der Waals surface area (Å²) in [6.07, 6.45) is 0.692. The number of carbonyl (C=O) groups excluding carboxylic acids is 2. The lowest BCUT2D eigenvalue weighted by Gasteiger charge is -2.26. The molecule has 7 nitrogen and oxygen atoms in total. The lowest BCUT2D eigenvalue weighted by atomic mass is 9.92. The second-order valence-corrected chi connectivity index (χ2v) is 7.12. The summed E-state index contributed by atoms with van der Waals surface area (Å²) in [6.45, 7) is 6.89. The molecule has 1 aromatic rings. The second-order valence-electron chi connectivity index (χ2n) is 7.12. The van der Waals surface area contributed by atoms with Gasteiger partial charge in [-0.3, -0.25) is 14.4 Å². The fourth-order valence-electron chi connectivity index (χ4n) is 2.29. The molecule has 0 aliphatic carbocycles. The average Bonchev–Trinajstić information content (AvgIpc) is 2.58. The van der Waals surface area contributed by atoms with Crippen molar-refractivity contribution in [2.45, 2.75) is 46.3 Å². The maximum absolute atomic E-state index is 12.5. The van der Waals surface area contributed by atoms with Crippen LogP contribution >= 0.6 is 0 Å². The minimum absolute atomic E-state index is 0.0830. The van der Waals surface area contributed by atoms with E-state index in [0.717, 1.165) is 0 Å². The number of benzene rings is 1. The Morgan fingerprint density at radius 3 is 2.22 bits per heavy atom. The van der Waals surface area contributed by atoms with Gasteiger partial charge in [0.2, 0.25) is 0 Å². The van der Waals surface area contributed by atoms with Crippen molar-refractivity contribution in [3.63, 3.8) is 0 Å². The third-order valence-corrected chi connectivity index (χ3v) is 3.50. The van der Waals surface area contributed by atoms with Gasteiger partial charge in [0.1, 0.15) is 18.1 Å². The van der Waals surface area contributed by atoms with E-state index in [1.165, 1.54) is 0 Å². The van der Waals surface area contributed by atoms with E-state index in [9.17, 15) is 19.5 Å². The molecule has 0 radical (unpaired) electrons. The second kappa shape index (κ2) is 10.7. The first-order valence-corrected chi connectivity index (χ1v) is 8.89. The Bertz CT molecular complexity index is 619. The lowest BCUT2D eigenvalue weighted by Crippen LogP contribution is -2.42. The molecule has 2 atom stereocenters. The van der Waals surface area contributed by atoms with Crippen molar-refractivity contribution in [2.75, 3.05) is 13.2 Å². The summed E-state index contributed by atoms with van der Waals surface area (Å²) in [7, 11) is 0. The third-order valence-electron chi connectivity index (χ3n) is 3.50. The van der Waals surface area contributed by atoms with Crippen LogP contribution in [0.1, 0.15) is 39.7 Å². The van der Waals surface area contributed by atoms with Gasteiger partial charge in [-0.25, -0.2) is 0 Å². The van der Waals surface area contributed by atoms with E-state index in [2.05, 4.69) is 0 Å². The van der Waals surface area contributed by atoms with Crippen LogP contribution in [0.2, 0.25) is 0 Å². The summed E-state index contributed by atoms with van der Waals surface area (Å²) >= 11 is 0. The maximum Gasteiger partial charge on any atom is 0.321 e. The molecule has 0 amide bonds. The highest BCUT2D eigenvalue weighted by molar-refractivity contribution is 5.98. The molecular weight excluding hydrogens is 352 g/mol. The molecule has 1 N–H and O–H groups in total. The fourth-order valence-corrected chi connectivity index (χ4v) is 2.29. The highest BCUT2D eigenvalue weighted by Gasteiger charge is 2.43. The Morgan fingerprint density at radius 1 is 1.07 bits per heavy atom. The van der Waals surface area contributed by atoms with E-state index >= 15 is 0 Å². The van der Waals surface area contributed by atoms with E-state index in [4.69, 9.17) is 14.2 Å². The molecule has 0 bridgehead atoms. The molecule has 0 heterocycles. The molecule has 1 unspecified atom stereocenters. The number of carbonyl (C=O) groups is 3. The number of esters is 2. The van der Waals surface area contributed by atoms with Crippen molar-refractivity contribution in [3.8, 4) is 0 Å². The van der Waals surface area contributed by atoms with Gasteiger partial charge in [0, 0.05) is 6.61 Å². The van der Waals surface area contributed by atoms with E-state index < -0.39 is 35.3 Å². The molecule has 0 aromatic heterocycles. The van der Waals surface area contributed by atoms with Gasteiger partial charge < -0.3 is 19.3 Å². The molecule has 1 aromatic carbocycles. The molecule has 0 aliphatic heterocycles. The smallest absolute Gasteiger partial charge is 0.321 e. The number of carboxylic acid groups (broad SMARTS) is 1. The summed E-state index contributed by atoms with van der Waals surface area (Å²) in [5, 5.41) is 9.55. The van der Waals surface area contributed by atoms with Crippen LogP contribution < -0.4 is 0 Å². The van der Waals surface area contributed by atoms with Crippen molar-refractivity contribution in [3.05, 3.63) is 35.9 Å². The molecule has 0 fully saturated rings. The van der Waals surface area contributed by atoms with Crippen LogP contribution in [-0.2, 0) is 35.2 Å². The minimum Gasteiger partial charge on any atom is -0.481 e. The van der Waals surface area contributed by atoms with Crippen LogP contribution in [0.4, 0.5) is 0 Å². The summed E-state index contributed by atoms with van der Waals surface area (Å²) < 4.78 is 15.8. The standard InChI is InChI=1S/C20H28O7/c1-5-11-25-13-15(18(23)27-20(2,3)4)16(17(21)22)19(24)26-12-14-9-7-6-8-10-14/h6-10,15-16H,5,11-13H2,1-4H3,(H,21,22)/t15-,16?/m0/s1. The highest BCUT2D eigenvalue weighted by atomic mass is 16.6. The molecule has 27 heavy (non-hydrogen) atoms. The number of hydrogen-bond donors (Lipinski definition) is 1. The Balaban J connectivity index is 2.93. The lowest BCUT2D eigenvalue weighted by molar-refractivity contribution is -0.177. The molecule has 0 saturated heterocycles. The van der Waals surface area contributed by atoms with Crippen LogP contribution in [0.15, 0.2) is 30.3 Å². The Morgan fingerprint density at radius 2 is 1.70 bits per heavy atom. The van der Waals surface area contributed by atoms with E-state index in [1.54, 1.807) is 45.0 Å². The largest absolute Gasteiger partial charge is 0.481 e. The first-order valence-electron chi connectivity index (χ1n) is 8.89. The quantitative estimate of drug-likeness (QED) is 0.378. The Hall–Kier alpha value is -2.41. The van der Waals surface area contributed by atoms with Crippen LogP contribution in [-0.4, -0.2) is 41.8 Å². The molecule has 0 spiro atoms. The zero-order chi connectivity index (χ0) is 20.4. The summed E-state index contributed by atoms with van der Waals surface area (Å²) in [5.74, 6) is -6.26. The molecule has 1 rings (SSSR count). The van der Waals surface area contributed by atoms with Gasteiger partial charge in [0.25, 0.3) is 0 Å². The zero-order valence-electron chi connectivity index (χ0n) is 16.3. The van der Waals surface area contributed by atoms with Crippen molar-refractivity contribution < 1.29 is 33.7 Å². The molecule has 7 heteroatoms. The van der Waals surface area contributed by atoms with Gasteiger partial charge in [-0.1, -0.05) is 37.3 Å². The topological polar surface area (TPSA) is 99.1 Å². The number of rotatable bonds is 10. The first kappa shape index (κ1) is 22.6. The molecule has 150 valence electrons. The normalized spacial score (nSPS) is 13.5. The van der Waals surface area contributed by atoms with Gasteiger partial charge in [0.15, 0.2) is 5.92 Å². The highest BCUT2D eigenvalue weighted by Crippen LogP contribution is 2.21. The summed E-state index contributed by atoms with van der Waals surface area (Å²) in [4.78, 5) is 36.7. The van der Waals surface area contributed by atoms with Gasteiger partial charge in [-0.2, -0.15) is 0 Å². The van der Waals surface area contributed by atoms with Crippen LogP contribution in [0, 0.1) is 11.8 Å². The van der Waals surface area contributed by atoms with Crippen LogP contribution in [0.25, 0.3) is 0 Å². The van der Waals surface area contributed by atoms with Crippen molar-refractivity contribution >= 4 is 17.9 Å². The van der Waals surface area contributed by atoms with Gasteiger partial charge in [-0.15, -0.1) is 0 Å². The SMILES string of the molecule is CCCOC[C@H](C(=O)OC(C)(C)C)C(C(=O)O)C(=O)OCc1ccccc1. The maximum atomic E-state index is 12.5. The number of ether oxygens (including phenoxy) is 3. The summed E-state index contributed by atoms with van der Waals surface area (Å²) in [5.41, 5.74) is -0.108. The monoisotopic (exact) mass is 380 g/mol. The first-order chi connectivity index (χ1) is 12.7. The van der Waals surface area contributed by atoms with Crippen LogP contribution in [0.3, 0.4) is 0 Å². The molecule has 0 saturated carbocycles. The van der Waals surface area contributed by atoms with Gasteiger partial charge >= 0.3 is 17.9 Å². The number of carboxylic acids is 1. The van der Waals surface area contributed by atoms with Crippen molar-refractivity contribution in [2.24, 2.45) is 11.8 Å². The average molecular weight is 380 g/mol.